The summed E-state index contributed by atoms with van der Waals surface area (Å²) in [5.41, 5.74) is 1.98. The van der Waals surface area contributed by atoms with Gasteiger partial charge in [-0.05, 0) is 36.5 Å². The lowest BCUT2D eigenvalue weighted by Crippen LogP contribution is -2.40. The van der Waals surface area contributed by atoms with Gasteiger partial charge in [-0.25, -0.2) is 9.50 Å². The first-order valence-corrected chi connectivity index (χ1v) is 12.1. The van der Waals surface area contributed by atoms with Crippen LogP contribution in [-0.4, -0.2) is 69.4 Å². The summed E-state index contributed by atoms with van der Waals surface area (Å²) in [7, 11) is 0. The van der Waals surface area contributed by atoms with Crippen LogP contribution < -0.4 is 20.7 Å². The van der Waals surface area contributed by atoms with Crippen molar-refractivity contribution in [2.45, 2.75) is 26.3 Å². The minimum Gasteiger partial charge on any atom is -0.482 e. The van der Waals surface area contributed by atoms with Gasteiger partial charge in [0, 0.05) is 45.2 Å². The fourth-order valence-corrected chi connectivity index (χ4v) is 4.48. The summed E-state index contributed by atoms with van der Waals surface area (Å²) < 4.78 is 6.76. The molecule has 1 fully saturated rings. The van der Waals surface area contributed by atoms with E-state index in [2.05, 4.69) is 26.0 Å². The minimum absolute atomic E-state index is 0.0269. The lowest BCUT2D eigenvalue weighted by atomic mass is 9.97. The zero-order chi connectivity index (χ0) is 25.9. The summed E-state index contributed by atoms with van der Waals surface area (Å²) in [6.07, 6.45) is 3.15. The highest BCUT2D eigenvalue weighted by atomic mass is 16.5. The van der Waals surface area contributed by atoms with Gasteiger partial charge in [0.1, 0.15) is 17.1 Å². The first-order valence-electron chi connectivity index (χ1n) is 12.1. The summed E-state index contributed by atoms with van der Waals surface area (Å²) in [6.45, 7) is 3.56. The second-order valence-electron chi connectivity index (χ2n) is 9.14. The van der Waals surface area contributed by atoms with E-state index in [1.807, 2.05) is 4.90 Å². The second-order valence-corrected chi connectivity index (χ2v) is 9.14. The first-order chi connectivity index (χ1) is 17.9. The van der Waals surface area contributed by atoms with Gasteiger partial charge in [-0.15, -0.1) is 0 Å². The van der Waals surface area contributed by atoms with E-state index in [1.165, 1.54) is 16.8 Å². The van der Waals surface area contributed by atoms with Crippen molar-refractivity contribution in [1.29, 1.82) is 0 Å². The number of carbonyl (C=O) groups excluding carboxylic acids is 4. The lowest BCUT2D eigenvalue weighted by molar-refractivity contribution is -0.130. The molecule has 0 radical (unpaired) electrons. The van der Waals surface area contributed by atoms with Gasteiger partial charge < -0.3 is 25.6 Å². The molecular formula is C25H27N7O5. The van der Waals surface area contributed by atoms with E-state index >= 15 is 0 Å². The van der Waals surface area contributed by atoms with Gasteiger partial charge in [0.2, 0.25) is 5.91 Å². The van der Waals surface area contributed by atoms with Crippen molar-refractivity contribution >= 4 is 35.0 Å². The molecule has 4 amide bonds. The molecule has 0 spiro atoms. The van der Waals surface area contributed by atoms with Crippen molar-refractivity contribution in [3.8, 4) is 5.75 Å². The number of hydrogen-bond donors (Lipinski definition) is 3. The van der Waals surface area contributed by atoms with E-state index in [0.717, 1.165) is 18.4 Å². The van der Waals surface area contributed by atoms with Crippen LogP contribution in [0, 0.1) is 5.92 Å². The van der Waals surface area contributed by atoms with Crippen molar-refractivity contribution in [2.75, 3.05) is 31.6 Å². The lowest BCUT2D eigenvalue weighted by Gasteiger charge is -2.31. The van der Waals surface area contributed by atoms with E-state index in [9.17, 15) is 19.2 Å². The molecule has 1 aromatic carbocycles. The summed E-state index contributed by atoms with van der Waals surface area (Å²) in [6, 6.07) is 8.31. The van der Waals surface area contributed by atoms with Crippen molar-refractivity contribution in [2.24, 2.45) is 5.92 Å². The van der Waals surface area contributed by atoms with Gasteiger partial charge in [-0.2, -0.15) is 5.10 Å². The monoisotopic (exact) mass is 505 g/mol. The van der Waals surface area contributed by atoms with E-state index in [1.54, 1.807) is 31.2 Å². The van der Waals surface area contributed by atoms with Crippen molar-refractivity contribution in [3.63, 3.8) is 0 Å². The quantitative estimate of drug-likeness (QED) is 0.452. The van der Waals surface area contributed by atoms with Crippen LogP contribution >= 0.6 is 0 Å². The Kier molecular flexibility index (Phi) is 6.71. The van der Waals surface area contributed by atoms with E-state index in [4.69, 9.17) is 4.74 Å². The number of aromatic nitrogens is 3. The SMILES string of the molecule is CC(=O)N1CCC(CNC(=O)c2cc(C(=O)NCc3ccc4c(c3)NC(=O)CO4)nc3ccnn23)CC1. The Morgan fingerprint density at radius 3 is 2.70 bits per heavy atom. The molecular weight excluding hydrogens is 478 g/mol. The molecule has 2 aliphatic heterocycles. The molecule has 3 N–H and O–H groups in total. The number of hydrogen-bond acceptors (Lipinski definition) is 7. The molecule has 12 heteroatoms. The van der Waals surface area contributed by atoms with E-state index in [-0.39, 0.29) is 48.2 Å². The highest BCUT2D eigenvalue weighted by molar-refractivity contribution is 5.98. The van der Waals surface area contributed by atoms with Crippen molar-refractivity contribution < 1.29 is 23.9 Å². The van der Waals surface area contributed by atoms with Gasteiger partial charge >= 0.3 is 0 Å². The highest BCUT2D eigenvalue weighted by Crippen LogP contribution is 2.28. The van der Waals surface area contributed by atoms with Crippen LogP contribution in [-0.2, 0) is 16.1 Å². The summed E-state index contributed by atoms with van der Waals surface area (Å²) in [5.74, 6) is -0.138. The predicted octanol–water partition coefficient (Wildman–Crippen LogP) is 0.979. The smallest absolute Gasteiger partial charge is 0.270 e. The fourth-order valence-electron chi connectivity index (χ4n) is 4.48. The number of amides is 4. The van der Waals surface area contributed by atoms with E-state index < -0.39 is 5.91 Å². The average molecular weight is 506 g/mol. The van der Waals surface area contributed by atoms with Crippen LogP contribution in [0.5, 0.6) is 5.75 Å². The maximum absolute atomic E-state index is 13.0. The largest absolute Gasteiger partial charge is 0.482 e. The third kappa shape index (κ3) is 5.37. The Bertz CT molecular complexity index is 1380. The number of benzene rings is 1. The van der Waals surface area contributed by atoms with Gasteiger partial charge in [0.05, 0.1) is 11.9 Å². The molecule has 0 unspecified atom stereocenters. The molecule has 0 aliphatic carbocycles. The van der Waals surface area contributed by atoms with Gasteiger partial charge in [0.15, 0.2) is 12.3 Å². The maximum atomic E-state index is 13.0. The number of anilines is 1. The number of likely N-dealkylation sites (tertiary alicyclic amines) is 1. The van der Waals surface area contributed by atoms with Crippen LogP contribution in [0.1, 0.15) is 46.3 Å². The molecule has 192 valence electrons. The number of fused-ring (bicyclic) bond motifs is 2. The van der Waals surface area contributed by atoms with Crippen molar-refractivity contribution in [1.82, 2.24) is 30.1 Å². The van der Waals surface area contributed by atoms with Gasteiger partial charge in [-0.3, -0.25) is 19.2 Å². The minimum atomic E-state index is -0.452. The molecule has 2 aromatic heterocycles. The van der Waals surface area contributed by atoms with Crippen LogP contribution in [0.15, 0.2) is 36.5 Å². The maximum Gasteiger partial charge on any atom is 0.270 e. The number of ether oxygens (including phenoxy) is 1. The first kappa shape index (κ1) is 24.2. The average Bonchev–Trinajstić information content (AvgIpc) is 3.38. The second kappa shape index (κ2) is 10.2. The molecule has 1 saturated heterocycles. The third-order valence-corrected chi connectivity index (χ3v) is 6.57. The molecule has 12 nitrogen and oxygen atoms in total. The normalized spacial score (nSPS) is 15.5. The van der Waals surface area contributed by atoms with Gasteiger partial charge in [-0.1, -0.05) is 6.07 Å². The van der Waals surface area contributed by atoms with Crippen LogP contribution in [0.3, 0.4) is 0 Å². The molecule has 0 saturated carbocycles. The van der Waals surface area contributed by atoms with Crippen LogP contribution in [0.25, 0.3) is 5.65 Å². The molecule has 0 bridgehead atoms. The summed E-state index contributed by atoms with van der Waals surface area (Å²) >= 11 is 0. The number of nitrogens with zero attached hydrogens (tertiary/aromatic N) is 4. The fraction of sp³-hybridized carbons (Fsp3) is 0.360. The molecule has 5 rings (SSSR count). The molecule has 0 atom stereocenters. The standard InChI is InChI=1S/C25H27N7O5/c1-15(33)31-8-5-16(6-9-31)12-27-25(36)20-11-19(29-22-4-7-28-32(20)22)24(35)26-13-17-2-3-21-18(10-17)30-23(34)14-37-21/h2-4,7,10-11,16H,5-6,8-9,12-14H2,1H3,(H,26,35)(H,27,36)(H,30,34). The Morgan fingerprint density at radius 2 is 1.92 bits per heavy atom. The molecule has 37 heavy (non-hydrogen) atoms. The zero-order valence-electron chi connectivity index (χ0n) is 20.3. The molecule has 2 aliphatic rings. The highest BCUT2D eigenvalue weighted by Gasteiger charge is 2.23. The number of piperidine rings is 1. The predicted molar refractivity (Wildman–Crippen MR) is 132 cm³/mol. The Morgan fingerprint density at radius 1 is 1.11 bits per heavy atom. The zero-order valence-corrected chi connectivity index (χ0v) is 20.3. The number of rotatable bonds is 6. The summed E-state index contributed by atoms with van der Waals surface area (Å²) in [5, 5.41) is 12.7. The van der Waals surface area contributed by atoms with Crippen LogP contribution in [0.2, 0.25) is 0 Å². The number of carbonyl (C=O) groups is 4. The van der Waals surface area contributed by atoms with Gasteiger partial charge in [0.25, 0.3) is 17.7 Å². The number of nitrogens with one attached hydrogen (secondary N) is 3. The summed E-state index contributed by atoms with van der Waals surface area (Å²) in [4.78, 5) is 55.2. The molecule has 4 heterocycles. The van der Waals surface area contributed by atoms with E-state index in [0.29, 0.717) is 36.7 Å². The van der Waals surface area contributed by atoms with Crippen molar-refractivity contribution in [3.05, 3.63) is 53.5 Å². The third-order valence-electron chi connectivity index (χ3n) is 6.57. The topological polar surface area (TPSA) is 147 Å². The van der Waals surface area contributed by atoms with Crippen LogP contribution in [0.4, 0.5) is 5.69 Å². The Balaban J connectivity index is 1.24. The Hall–Kier alpha value is -4.48. The molecule has 3 aromatic rings. The Labute approximate surface area is 212 Å².